The molecular weight excluding hydrogens is 350 g/mol. The number of ether oxygens (including phenoxy) is 1. The molecule has 27 heavy (non-hydrogen) atoms. The minimum Gasteiger partial charge on any atom is -0.373 e. The molecule has 0 saturated carbocycles. The minimum absolute atomic E-state index is 0.194. The third-order valence-corrected chi connectivity index (χ3v) is 6.10. The third-order valence-electron chi connectivity index (χ3n) is 5.67. The Hall–Kier alpha value is -1.97. The Morgan fingerprint density at radius 2 is 1.48 bits per heavy atom. The van der Waals surface area contributed by atoms with Crippen LogP contribution in [0.4, 0.5) is 0 Å². The van der Waals surface area contributed by atoms with Gasteiger partial charge in [0.25, 0.3) is 0 Å². The summed E-state index contributed by atoms with van der Waals surface area (Å²) in [6, 6.07) is 21.9. The number of likely N-dealkylation sites (tertiary alicyclic amines) is 1. The van der Waals surface area contributed by atoms with E-state index < -0.39 is 0 Å². The zero-order valence-electron chi connectivity index (χ0n) is 16.5. The standard InChI is InChI=1S/C24H29NOS/c1-5-24(2,3)22(26-4)23(27)25-20(18-12-8-6-9-13-18)16-17-21(25)19-14-10-7-11-15-19/h5-15,20-22H,1,16-17H2,2-4H3/t20-,21-,22+/m1/s1. The molecule has 1 fully saturated rings. The topological polar surface area (TPSA) is 12.5 Å². The zero-order chi connectivity index (χ0) is 19.4. The molecule has 0 radical (unpaired) electrons. The van der Waals surface area contributed by atoms with Crippen molar-refractivity contribution in [3.05, 3.63) is 84.4 Å². The van der Waals surface area contributed by atoms with Gasteiger partial charge in [-0.3, -0.25) is 0 Å². The molecule has 0 aliphatic carbocycles. The minimum atomic E-state index is -0.239. The molecular formula is C24H29NOS. The Labute approximate surface area is 168 Å². The Bertz CT molecular complexity index is 724. The van der Waals surface area contributed by atoms with E-state index in [1.54, 1.807) is 7.11 Å². The largest absolute Gasteiger partial charge is 0.373 e. The molecule has 3 atom stereocenters. The predicted octanol–water partition coefficient (Wildman–Crippen LogP) is 6.12. The average Bonchev–Trinajstić information content (AvgIpc) is 3.14. The van der Waals surface area contributed by atoms with E-state index >= 15 is 0 Å². The van der Waals surface area contributed by atoms with Crippen molar-refractivity contribution in [2.75, 3.05) is 7.11 Å². The summed E-state index contributed by atoms with van der Waals surface area (Å²) >= 11 is 6.06. The molecule has 0 unspecified atom stereocenters. The number of benzene rings is 2. The molecule has 0 amide bonds. The number of nitrogens with zero attached hydrogens (tertiary/aromatic N) is 1. The van der Waals surface area contributed by atoms with Crippen LogP contribution in [0.3, 0.4) is 0 Å². The Kier molecular flexibility index (Phi) is 6.13. The molecule has 3 rings (SSSR count). The van der Waals surface area contributed by atoms with Gasteiger partial charge in [0, 0.05) is 12.5 Å². The van der Waals surface area contributed by atoms with Crippen molar-refractivity contribution >= 4 is 17.2 Å². The molecule has 0 bridgehead atoms. The second-order valence-corrected chi connectivity index (χ2v) is 8.24. The first-order chi connectivity index (χ1) is 13.0. The molecule has 1 heterocycles. The molecule has 2 aromatic rings. The fourth-order valence-electron chi connectivity index (χ4n) is 4.09. The van der Waals surface area contributed by atoms with Crippen LogP contribution in [-0.2, 0) is 4.74 Å². The van der Waals surface area contributed by atoms with Crippen LogP contribution >= 0.6 is 12.2 Å². The van der Waals surface area contributed by atoms with E-state index in [0.29, 0.717) is 0 Å². The Morgan fingerprint density at radius 1 is 1.04 bits per heavy atom. The third kappa shape index (κ3) is 3.99. The van der Waals surface area contributed by atoms with E-state index in [-0.39, 0.29) is 23.6 Å². The lowest BCUT2D eigenvalue weighted by atomic mass is 9.85. The summed E-state index contributed by atoms with van der Waals surface area (Å²) in [6.45, 7) is 8.27. The first-order valence-corrected chi connectivity index (χ1v) is 9.99. The van der Waals surface area contributed by atoms with Gasteiger partial charge < -0.3 is 9.64 Å². The maximum atomic E-state index is 6.06. The van der Waals surface area contributed by atoms with E-state index in [1.807, 2.05) is 6.08 Å². The number of rotatable bonds is 6. The van der Waals surface area contributed by atoms with Crippen LogP contribution in [0.25, 0.3) is 0 Å². The van der Waals surface area contributed by atoms with Crippen molar-refractivity contribution in [1.29, 1.82) is 0 Å². The van der Waals surface area contributed by atoms with E-state index in [1.165, 1.54) is 11.1 Å². The van der Waals surface area contributed by atoms with Gasteiger partial charge >= 0.3 is 0 Å². The van der Waals surface area contributed by atoms with Gasteiger partial charge in [-0.05, 0) is 24.0 Å². The van der Waals surface area contributed by atoms with Crippen LogP contribution in [0.15, 0.2) is 73.3 Å². The molecule has 1 saturated heterocycles. The van der Waals surface area contributed by atoms with Crippen LogP contribution in [0, 0.1) is 5.41 Å². The smallest absolute Gasteiger partial charge is 0.116 e. The summed E-state index contributed by atoms with van der Waals surface area (Å²) in [5.41, 5.74) is 2.38. The van der Waals surface area contributed by atoms with Crippen molar-refractivity contribution in [2.24, 2.45) is 5.41 Å². The van der Waals surface area contributed by atoms with Crippen molar-refractivity contribution < 1.29 is 4.74 Å². The van der Waals surface area contributed by atoms with E-state index in [2.05, 4.69) is 86.0 Å². The number of hydrogen-bond acceptors (Lipinski definition) is 2. The van der Waals surface area contributed by atoms with E-state index in [0.717, 1.165) is 17.8 Å². The number of methoxy groups -OCH3 is 1. The first kappa shape index (κ1) is 19.8. The van der Waals surface area contributed by atoms with Gasteiger partial charge in [-0.2, -0.15) is 0 Å². The molecule has 0 spiro atoms. The summed E-state index contributed by atoms with van der Waals surface area (Å²) in [5, 5.41) is 0. The molecule has 0 N–H and O–H groups in total. The normalized spacial score (nSPS) is 21.1. The second kappa shape index (κ2) is 8.37. The summed E-state index contributed by atoms with van der Waals surface area (Å²) in [5.74, 6) is 0. The highest BCUT2D eigenvalue weighted by molar-refractivity contribution is 7.80. The Balaban J connectivity index is 2.02. The fourth-order valence-corrected chi connectivity index (χ4v) is 4.74. The van der Waals surface area contributed by atoms with Crippen LogP contribution in [0.5, 0.6) is 0 Å². The highest BCUT2D eigenvalue weighted by Gasteiger charge is 2.42. The van der Waals surface area contributed by atoms with E-state index in [4.69, 9.17) is 17.0 Å². The highest BCUT2D eigenvalue weighted by atomic mass is 32.1. The van der Waals surface area contributed by atoms with Gasteiger partial charge in [0.05, 0.1) is 12.1 Å². The number of hydrogen-bond donors (Lipinski definition) is 0. The SMILES string of the molecule is C=CC(C)(C)[C@@H](OC)C(=S)N1[C@@H](c2ccccc2)CC[C@@H]1c1ccccc1. The van der Waals surface area contributed by atoms with Crippen molar-refractivity contribution in [1.82, 2.24) is 4.90 Å². The molecule has 142 valence electrons. The lowest BCUT2D eigenvalue weighted by Crippen LogP contribution is -2.46. The monoisotopic (exact) mass is 379 g/mol. The average molecular weight is 380 g/mol. The summed E-state index contributed by atoms with van der Waals surface area (Å²) in [4.78, 5) is 3.28. The van der Waals surface area contributed by atoms with Gasteiger partial charge in [-0.1, -0.05) is 92.8 Å². The zero-order valence-corrected chi connectivity index (χ0v) is 17.3. The van der Waals surface area contributed by atoms with Gasteiger partial charge in [-0.15, -0.1) is 6.58 Å². The second-order valence-electron chi connectivity index (χ2n) is 7.82. The van der Waals surface area contributed by atoms with E-state index in [9.17, 15) is 0 Å². The molecule has 0 aromatic heterocycles. The van der Waals surface area contributed by atoms with Crippen molar-refractivity contribution in [2.45, 2.75) is 44.9 Å². The molecule has 2 nitrogen and oxygen atoms in total. The van der Waals surface area contributed by atoms with Crippen molar-refractivity contribution in [3.8, 4) is 0 Å². The fraction of sp³-hybridized carbons (Fsp3) is 0.375. The van der Waals surface area contributed by atoms with Crippen LogP contribution in [0.1, 0.15) is 49.9 Å². The Morgan fingerprint density at radius 3 is 1.85 bits per heavy atom. The van der Waals surface area contributed by atoms with Gasteiger partial charge in [0.1, 0.15) is 11.1 Å². The lowest BCUT2D eigenvalue weighted by Gasteiger charge is -2.40. The molecule has 1 aliphatic rings. The molecule has 2 aromatic carbocycles. The summed E-state index contributed by atoms with van der Waals surface area (Å²) < 4.78 is 5.89. The van der Waals surface area contributed by atoms with Gasteiger partial charge in [0.15, 0.2) is 0 Å². The predicted molar refractivity (Wildman–Crippen MR) is 117 cm³/mol. The van der Waals surface area contributed by atoms with Crippen molar-refractivity contribution in [3.63, 3.8) is 0 Å². The molecule has 3 heteroatoms. The maximum Gasteiger partial charge on any atom is 0.116 e. The van der Waals surface area contributed by atoms with Crippen LogP contribution in [0.2, 0.25) is 0 Å². The molecule has 1 aliphatic heterocycles. The van der Waals surface area contributed by atoms with Crippen LogP contribution < -0.4 is 0 Å². The highest BCUT2D eigenvalue weighted by Crippen LogP contribution is 2.46. The quantitative estimate of drug-likeness (QED) is 0.443. The van der Waals surface area contributed by atoms with Crippen LogP contribution in [-0.4, -0.2) is 23.1 Å². The lowest BCUT2D eigenvalue weighted by molar-refractivity contribution is 0.0723. The number of thiocarbonyl (C=S) groups is 1. The summed E-state index contributed by atoms with van der Waals surface area (Å²) in [6.07, 6.45) is 3.91. The summed E-state index contributed by atoms with van der Waals surface area (Å²) in [7, 11) is 1.74. The van der Waals surface area contributed by atoms with Gasteiger partial charge in [-0.25, -0.2) is 0 Å². The maximum absolute atomic E-state index is 6.06. The van der Waals surface area contributed by atoms with Gasteiger partial charge in [0.2, 0.25) is 0 Å². The first-order valence-electron chi connectivity index (χ1n) is 9.58.